The van der Waals surface area contributed by atoms with Crippen molar-refractivity contribution >= 4 is 23.9 Å². The third kappa shape index (κ3) is 6.24. The monoisotopic (exact) mass is 304 g/mol. The summed E-state index contributed by atoms with van der Waals surface area (Å²) in [6, 6.07) is 0. The molecular formula is C13H20O8. The highest BCUT2D eigenvalue weighted by Gasteiger charge is 2.48. The van der Waals surface area contributed by atoms with Gasteiger partial charge in [0, 0.05) is 6.92 Å². The Morgan fingerprint density at radius 2 is 1.33 bits per heavy atom. The molecule has 0 heterocycles. The molecule has 0 amide bonds. The van der Waals surface area contributed by atoms with Gasteiger partial charge in [0.15, 0.2) is 0 Å². The lowest BCUT2D eigenvalue weighted by molar-refractivity contribution is -0.188. The highest BCUT2D eigenvalue weighted by atomic mass is 16.6. The summed E-state index contributed by atoms with van der Waals surface area (Å²) in [4.78, 5) is 46.4. The second kappa shape index (κ2) is 8.93. The van der Waals surface area contributed by atoms with Gasteiger partial charge in [0.25, 0.3) is 0 Å². The molecule has 8 nitrogen and oxygen atoms in total. The molecule has 0 aliphatic heterocycles. The molecule has 0 fully saturated rings. The zero-order valence-electron chi connectivity index (χ0n) is 12.6. The molecule has 21 heavy (non-hydrogen) atoms. The van der Waals surface area contributed by atoms with Gasteiger partial charge in [-0.2, -0.15) is 0 Å². The smallest absolute Gasteiger partial charge is 0.351 e. The second-order valence-corrected chi connectivity index (χ2v) is 4.04. The van der Waals surface area contributed by atoms with Crippen LogP contribution in [0.3, 0.4) is 0 Å². The number of esters is 4. The van der Waals surface area contributed by atoms with Crippen LogP contribution < -0.4 is 0 Å². The van der Waals surface area contributed by atoms with Crippen molar-refractivity contribution in [3.63, 3.8) is 0 Å². The molecule has 0 aromatic carbocycles. The van der Waals surface area contributed by atoms with E-state index in [1.807, 2.05) is 0 Å². The Kier molecular flexibility index (Phi) is 8.03. The van der Waals surface area contributed by atoms with Crippen molar-refractivity contribution in [2.24, 2.45) is 0 Å². The quantitative estimate of drug-likeness (QED) is 0.468. The molecule has 0 rings (SSSR count). The van der Waals surface area contributed by atoms with E-state index < -0.39 is 42.3 Å². The maximum atomic E-state index is 11.9. The van der Waals surface area contributed by atoms with Gasteiger partial charge in [-0.3, -0.25) is 14.4 Å². The fraction of sp³-hybridized carbons (Fsp3) is 0.692. The van der Waals surface area contributed by atoms with E-state index >= 15 is 0 Å². The minimum atomic E-state index is -2.08. The predicted molar refractivity (Wildman–Crippen MR) is 69.0 cm³/mol. The van der Waals surface area contributed by atoms with Gasteiger partial charge in [-0.15, -0.1) is 0 Å². The van der Waals surface area contributed by atoms with Crippen molar-refractivity contribution in [1.29, 1.82) is 0 Å². The lowest BCUT2D eigenvalue weighted by Crippen LogP contribution is -2.48. The summed E-state index contributed by atoms with van der Waals surface area (Å²) in [5.41, 5.74) is -2.08. The van der Waals surface area contributed by atoms with Crippen LogP contribution in [0.4, 0.5) is 0 Å². The first-order valence-corrected chi connectivity index (χ1v) is 6.40. The minimum Gasteiger partial charge on any atom is -0.466 e. The molecule has 0 radical (unpaired) electrons. The summed E-state index contributed by atoms with van der Waals surface area (Å²) in [7, 11) is 1.05. The highest BCUT2D eigenvalue weighted by Crippen LogP contribution is 2.25. The zero-order chi connectivity index (χ0) is 16.5. The number of carbonyl (C=O) groups is 4. The van der Waals surface area contributed by atoms with Gasteiger partial charge in [0.05, 0.1) is 33.2 Å². The summed E-state index contributed by atoms with van der Waals surface area (Å²) in [6.45, 7) is 4.36. The molecule has 0 atom stereocenters. The topological polar surface area (TPSA) is 105 Å². The number of methoxy groups -OCH3 is 1. The van der Waals surface area contributed by atoms with E-state index in [9.17, 15) is 19.2 Å². The zero-order valence-corrected chi connectivity index (χ0v) is 12.6. The van der Waals surface area contributed by atoms with Gasteiger partial charge >= 0.3 is 23.9 Å². The Bertz CT molecular complexity index is 381. The van der Waals surface area contributed by atoms with Crippen LogP contribution in [0.1, 0.15) is 33.6 Å². The molecule has 0 aromatic rings. The number of hydrogen-bond donors (Lipinski definition) is 0. The summed E-state index contributed by atoms with van der Waals surface area (Å²) < 4.78 is 18.9. The molecule has 0 N–H and O–H groups in total. The normalized spacial score (nSPS) is 10.5. The Labute approximate surface area is 122 Å². The second-order valence-electron chi connectivity index (χ2n) is 4.04. The predicted octanol–water partition coefficient (Wildman–Crippen LogP) is 0.368. The van der Waals surface area contributed by atoms with Gasteiger partial charge in [0.1, 0.15) is 0 Å². The van der Waals surface area contributed by atoms with Crippen LogP contribution in [0.5, 0.6) is 0 Å². The summed E-state index contributed by atoms with van der Waals surface area (Å²) in [5, 5.41) is 0. The van der Waals surface area contributed by atoms with Gasteiger partial charge in [-0.1, -0.05) is 0 Å². The fourth-order valence-electron chi connectivity index (χ4n) is 1.67. The average Bonchev–Trinajstić information content (AvgIpc) is 2.37. The van der Waals surface area contributed by atoms with E-state index in [4.69, 9.17) is 14.2 Å². The van der Waals surface area contributed by atoms with Crippen LogP contribution >= 0.6 is 0 Å². The average molecular weight is 304 g/mol. The van der Waals surface area contributed by atoms with E-state index in [1.54, 1.807) is 13.8 Å². The van der Waals surface area contributed by atoms with Crippen LogP contribution in [0.15, 0.2) is 0 Å². The van der Waals surface area contributed by atoms with Crippen LogP contribution in [0, 0.1) is 0 Å². The third-order valence-corrected chi connectivity index (χ3v) is 2.37. The molecule has 0 aliphatic carbocycles. The molecule has 0 unspecified atom stereocenters. The molecule has 0 saturated heterocycles. The van der Waals surface area contributed by atoms with Gasteiger partial charge < -0.3 is 18.9 Å². The molecule has 0 bridgehead atoms. The first kappa shape index (κ1) is 18.9. The fourth-order valence-corrected chi connectivity index (χ4v) is 1.67. The summed E-state index contributed by atoms with van der Waals surface area (Å²) >= 11 is 0. The van der Waals surface area contributed by atoms with E-state index in [1.165, 1.54) is 0 Å². The Morgan fingerprint density at radius 1 is 0.905 bits per heavy atom. The molecule has 120 valence electrons. The summed E-state index contributed by atoms with van der Waals surface area (Å²) in [6.07, 6.45) is -1.27. The first-order chi connectivity index (χ1) is 9.81. The first-order valence-electron chi connectivity index (χ1n) is 6.40. The lowest BCUT2D eigenvalue weighted by Gasteiger charge is -2.28. The number of carbonyl (C=O) groups excluding carboxylic acids is 4. The number of hydrogen-bond acceptors (Lipinski definition) is 8. The van der Waals surface area contributed by atoms with Gasteiger partial charge in [-0.25, -0.2) is 4.79 Å². The molecule has 0 aliphatic rings. The maximum absolute atomic E-state index is 11.9. The molecule has 0 saturated carbocycles. The van der Waals surface area contributed by atoms with Crippen molar-refractivity contribution in [2.45, 2.75) is 39.2 Å². The van der Waals surface area contributed by atoms with E-state index in [2.05, 4.69) is 4.74 Å². The Balaban J connectivity index is 5.40. The maximum Gasteiger partial charge on any atom is 0.351 e. The largest absolute Gasteiger partial charge is 0.466 e. The lowest BCUT2D eigenvalue weighted by atomic mass is 9.95. The van der Waals surface area contributed by atoms with Crippen molar-refractivity contribution in [3.05, 3.63) is 0 Å². The number of rotatable bonds is 8. The van der Waals surface area contributed by atoms with Crippen LogP contribution in [0.2, 0.25) is 0 Å². The third-order valence-electron chi connectivity index (χ3n) is 2.37. The van der Waals surface area contributed by atoms with Crippen LogP contribution in [-0.2, 0) is 38.1 Å². The molecule has 0 spiro atoms. The van der Waals surface area contributed by atoms with Gasteiger partial charge in [-0.05, 0) is 13.8 Å². The van der Waals surface area contributed by atoms with Crippen molar-refractivity contribution in [2.75, 3.05) is 20.3 Å². The van der Waals surface area contributed by atoms with E-state index in [0.717, 1.165) is 14.0 Å². The van der Waals surface area contributed by atoms with Crippen LogP contribution in [0.25, 0.3) is 0 Å². The minimum absolute atomic E-state index is 0.0789. The van der Waals surface area contributed by atoms with Crippen molar-refractivity contribution in [3.8, 4) is 0 Å². The standard InChI is InChI=1S/C13H20O8/c1-5-19-10(15)7-13(12(17)18-4,21-9(3)14)8-11(16)20-6-2/h5-8H2,1-4H3. The van der Waals surface area contributed by atoms with E-state index in [0.29, 0.717) is 0 Å². The molecule has 0 aromatic heterocycles. The SMILES string of the molecule is CCOC(=O)CC(CC(=O)OCC)(OC(C)=O)C(=O)OC. The highest BCUT2D eigenvalue weighted by molar-refractivity contribution is 5.92. The molecule has 8 heteroatoms. The summed E-state index contributed by atoms with van der Waals surface area (Å²) in [5.74, 6) is -3.46. The van der Waals surface area contributed by atoms with Gasteiger partial charge in [0.2, 0.25) is 5.60 Å². The Hall–Kier alpha value is -2.12. The van der Waals surface area contributed by atoms with E-state index in [-0.39, 0.29) is 13.2 Å². The molecular weight excluding hydrogens is 284 g/mol. The van der Waals surface area contributed by atoms with Crippen molar-refractivity contribution < 1.29 is 38.1 Å². The Morgan fingerprint density at radius 3 is 1.62 bits per heavy atom. The van der Waals surface area contributed by atoms with Crippen LogP contribution in [-0.4, -0.2) is 49.8 Å². The van der Waals surface area contributed by atoms with Crippen molar-refractivity contribution in [1.82, 2.24) is 0 Å². The number of ether oxygens (including phenoxy) is 4.